The number of carbonyl (C=O) groups is 1. The molecule has 0 unspecified atom stereocenters. The van der Waals surface area contributed by atoms with Crippen LogP contribution >= 0.6 is 0 Å². The van der Waals surface area contributed by atoms with E-state index in [4.69, 9.17) is 4.74 Å². The third-order valence-electron chi connectivity index (χ3n) is 3.49. The summed E-state index contributed by atoms with van der Waals surface area (Å²) in [6, 6.07) is 0. The second kappa shape index (κ2) is 9.46. The molecule has 100 valence electrons. The van der Waals surface area contributed by atoms with Crippen LogP contribution in [0.1, 0.15) is 58.3 Å². The number of hydrogen-bond acceptors (Lipinski definition) is 3. The first-order chi connectivity index (χ1) is 8.33. The lowest BCUT2D eigenvalue weighted by molar-refractivity contribution is -0.143. The topological polar surface area (TPSA) is 38.3 Å². The van der Waals surface area contributed by atoms with Crippen LogP contribution in [-0.4, -0.2) is 25.7 Å². The molecule has 0 aromatic rings. The van der Waals surface area contributed by atoms with Crippen molar-refractivity contribution < 1.29 is 9.53 Å². The molecule has 1 aliphatic rings. The molecule has 3 heteroatoms. The lowest BCUT2D eigenvalue weighted by atomic mass is 9.87. The molecule has 0 atom stereocenters. The van der Waals surface area contributed by atoms with Gasteiger partial charge in [0.1, 0.15) is 0 Å². The molecular weight excluding hydrogens is 214 g/mol. The molecule has 17 heavy (non-hydrogen) atoms. The lowest BCUT2D eigenvalue weighted by Gasteiger charge is -2.21. The molecule has 0 spiro atoms. The monoisotopic (exact) mass is 241 g/mol. The largest absolute Gasteiger partial charge is 0.466 e. The van der Waals surface area contributed by atoms with Crippen LogP contribution in [0, 0.1) is 5.92 Å². The lowest BCUT2D eigenvalue weighted by Crippen LogP contribution is -2.21. The summed E-state index contributed by atoms with van der Waals surface area (Å²) in [5.41, 5.74) is 0. The molecule has 0 bridgehead atoms. The minimum Gasteiger partial charge on any atom is -0.466 e. The maximum absolute atomic E-state index is 11.1. The summed E-state index contributed by atoms with van der Waals surface area (Å²) < 4.78 is 4.88. The van der Waals surface area contributed by atoms with Crippen molar-refractivity contribution in [1.29, 1.82) is 0 Å². The maximum atomic E-state index is 11.1. The van der Waals surface area contributed by atoms with E-state index in [1.165, 1.54) is 38.5 Å². The highest BCUT2D eigenvalue weighted by Gasteiger charge is 2.12. The van der Waals surface area contributed by atoms with E-state index in [2.05, 4.69) is 5.32 Å². The van der Waals surface area contributed by atoms with E-state index in [0.717, 1.165) is 25.4 Å². The molecule has 0 radical (unpaired) electrons. The molecule has 0 aromatic carbocycles. The van der Waals surface area contributed by atoms with Crippen molar-refractivity contribution >= 4 is 5.97 Å². The summed E-state index contributed by atoms with van der Waals surface area (Å²) in [4.78, 5) is 11.1. The quantitative estimate of drug-likeness (QED) is 0.524. The minimum absolute atomic E-state index is 0.0680. The second-order valence-corrected chi connectivity index (χ2v) is 4.95. The predicted octanol–water partition coefficient (Wildman–Crippen LogP) is 2.89. The SMILES string of the molecule is CCOC(=O)CCCNCCC1CCCCC1. The van der Waals surface area contributed by atoms with Crippen molar-refractivity contribution in [2.75, 3.05) is 19.7 Å². The van der Waals surface area contributed by atoms with Gasteiger partial charge in [0.15, 0.2) is 0 Å². The van der Waals surface area contributed by atoms with Crippen molar-refractivity contribution in [3.8, 4) is 0 Å². The first-order valence-corrected chi connectivity index (χ1v) is 7.19. The van der Waals surface area contributed by atoms with Gasteiger partial charge in [-0.05, 0) is 38.8 Å². The molecule has 3 nitrogen and oxygen atoms in total. The summed E-state index contributed by atoms with van der Waals surface area (Å²) in [7, 11) is 0. The van der Waals surface area contributed by atoms with Gasteiger partial charge < -0.3 is 10.1 Å². The molecule has 1 saturated carbocycles. The van der Waals surface area contributed by atoms with Gasteiger partial charge in [0.05, 0.1) is 6.61 Å². The van der Waals surface area contributed by atoms with E-state index in [1.807, 2.05) is 6.92 Å². The summed E-state index contributed by atoms with van der Waals surface area (Å²) in [6.45, 7) is 4.38. The highest BCUT2D eigenvalue weighted by molar-refractivity contribution is 5.69. The first-order valence-electron chi connectivity index (χ1n) is 7.19. The van der Waals surface area contributed by atoms with E-state index in [9.17, 15) is 4.79 Å². The zero-order chi connectivity index (χ0) is 12.3. The average Bonchev–Trinajstić information content (AvgIpc) is 2.35. The third-order valence-corrected chi connectivity index (χ3v) is 3.49. The van der Waals surface area contributed by atoms with Crippen molar-refractivity contribution in [3.63, 3.8) is 0 Å². The van der Waals surface area contributed by atoms with Gasteiger partial charge in [-0.2, -0.15) is 0 Å². The fourth-order valence-electron chi connectivity index (χ4n) is 2.50. The van der Waals surface area contributed by atoms with Crippen molar-refractivity contribution in [1.82, 2.24) is 5.32 Å². The standard InChI is InChI=1S/C14H27NO2/c1-2-17-14(16)9-6-11-15-12-10-13-7-4-3-5-8-13/h13,15H,2-12H2,1H3. The molecular formula is C14H27NO2. The van der Waals surface area contributed by atoms with Crippen LogP contribution in [0.4, 0.5) is 0 Å². The minimum atomic E-state index is -0.0680. The van der Waals surface area contributed by atoms with E-state index >= 15 is 0 Å². The smallest absolute Gasteiger partial charge is 0.305 e. The number of hydrogen-bond donors (Lipinski definition) is 1. The molecule has 0 saturated heterocycles. The van der Waals surface area contributed by atoms with Crippen LogP contribution in [0.3, 0.4) is 0 Å². The highest BCUT2D eigenvalue weighted by atomic mass is 16.5. The Morgan fingerprint density at radius 3 is 2.71 bits per heavy atom. The average molecular weight is 241 g/mol. The van der Waals surface area contributed by atoms with E-state index in [0.29, 0.717) is 13.0 Å². The third kappa shape index (κ3) is 7.37. The number of carbonyl (C=O) groups excluding carboxylic acids is 1. The Hall–Kier alpha value is -0.570. The van der Waals surface area contributed by atoms with Gasteiger partial charge in [0.25, 0.3) is 0 Å². The molecule has 1 aliphatic carbocycles. The van der Waals surface area contributed by atoms with Crippen LogP contribution in [0.2, 0.25) is 0 Å². The highest BCUT2D eigenvalue weighted by Crippen LogP contribution is 2.25. The number of nitrogens with one attached hydrogen (secondary N) is 1. The Morgan fingerprint density at radius 2 is 2.00 bits per heavy atom. The van der Waals surface area contributed by atoms with Gasteiger partial charge in [-0.15, -0.1) is 0 Å². The molecule has 1 fully saturated rings. The number of ether oxygens (including phenoxy) is 1. The fraction of sp³-hybridized carbons (Fsp3) is 0.929. The van der Waals surface area contributed by atoms with Crippen LogP contribution in [0.5, 0.6) is 0 Å². The molecule has 0 aromatic heterocycles. The fourth-order valence-corrected chi connectivity index (χ4v) is 2.50. The number of rotatable bonds is 8. The Morgan fingerprint density at radius 1 is 1.24 bits per heavy atom. The van der Waals surface area contributed by atoms with E-state index in [-0.39, 0.29) is 5.97 Å². The molecule has 0 amide bonds. The van der Waals surface area contributed by atoms with Gasteiger partial charge in [0, 0.05) is 6.42 Å². The van der Waals surface area contributed by atoms with Crippen LogP contribution < -0.4 is 5.32 Å². The Balaban J connectivity index is 1.85. The Kier molecular flexibility index (Phi) is 8.06. The van der Waals surface area contributed by atoms with Crippen molar-refractivity contribution in [2.24, 2.45) is 5.92 Å². The molecule has 1 N–H and O–H groups in total. The Bertz CT molecular complexity index is 200. The second-order valence-electron chi connectivity index (χ2n) is 4.95. The summed E-state index contributed by atoms with van der Waals surface area (Å²) in [5, 5.41) is 3.42. The zero-order valence-electron chi connectivity index (χ0n) is 11.2. The zero-order valence-corrected chi connectivity index (χ0v) is 11.2. The normalized spacial score (nSPS) is 17.0. The summed E-state index contributed by atoms with van der Waals surface area (Å²) in [6.07, 6.45) is 9.87. The maximum Gasteiger partial charge on any atom is 0.305 e. The van der Waals surface area contributed by atoms with Crippen LogP contribution in [0.25, 0.3) is 0 Å². The van der Waals surface area contributed by atoms with Crippen LogP contribution in [0.15, 0.2) is 0 Å². The predicted molar refractivity (Wildman–Crippen MR) is 69.9 cm³/mol. The van der Waals surface area contributed by atoms with Gasteiger partial charge in [-0.3, -0.25) is 4.79 Å². The number of esters is 1. The van der Waals surface area contributed by atoms with Crippen molar-refractivity contribution in [2.45, 2.75) is 58.3 Å². The van der Waals surface area contributed by atoms with Gasteiger partial charge in [0.2, 0.25) is 0 Å². The van der Waals surface area contributed by atoms with Crippen molar-refractivity contribution in [3.05, 3.63) is 0 Å². The Labute approximate surface area is 105 Å². The summed E-state index contributed by atoms with van der Waals surface area (Å²) in [5.74, 6) is 0.878. The van der Waals surface area contributed by atoms with E-state index < -0.39 is 0 Å². The van der Waals surface area contributed by atoms with Gasteiger partial charge in [-0.1, -0.05) is 32.1 Å². The van der Waals surface area contributed by atoms with Crippen LogP contribution in [-0.2, 0) is 9.53 Å². The summed E-state index contributed by atoms with van der Waals surface area (Å²) >= 11 is 0. The first kappa shape index (κ1) is 14.5. The molecule has 0 aliphatic heterocycles. The molecule has 1 rings (SSSR count). The van der Waals surface area contributed by atoms with Gasteiger partial charge in [-0.25, -0.2) is 0 Å². The van der Waals surface area contributed by atoms with Gasteiger partial charge >= 0.3 is 5.97 Å². The van der Waals surface area contributed by atoms with E-state index in [1.54, 1.807) is 0 Å². The molecule has 0 heterocycles.